The average Bonchev–Trinajstić information content (AvgIpc) is 2.95. The molecule has 8 heteroatoms. The molecule has 0 atom stereocenters. The van der Waals surface area contributed by atoms with E-state index in [2.05, 4.69) is 20.2 Å². The van der Waals surface area contributed by atoms with E-state index < -0.39 is 0 Å². The molecule has 2 aromatic heterocycles. The van der Waals surface area contributed by atoms with E-state index in [1.54, 1.807) is 6.20 Å². The quantitative estimate of drug-likeness (QED) is 0.578. The Labute approximate surface area is 128 Å². The van der Waals surface area contributed by atoms with Crippen molar-refractivity contribution in [2.45, 2.75) is 9.92 Å². The summed E-state index contributed by atoms with van der Waals surface area (Å²) in [5.41, 5.74) is 0.620. The van der Waals surface area contributed by atoms with Crippen LogP contribution in [-0.4, -0.2) is 33.4 Å². The molecule has 0 radical (unpaired) electrons. The lowest BCUT2D eigenvalue weighted by atomic mass is 10.3. The van der Waals surface area contributed by atoms with Crippen LogP contribution in [-0.2, 0) is 0 Å². The van der Waals surface area contributed by atoms with Gasteiger partial charge in [-0.3, -0.25) is 5.10 Å². The van der Waals surface area contributed by atoms with E-state index in [9.17, 15) is 0 Å². The number of rotatable bonds is 2. The Balaban J connectivity index is 1.72. The highest BCUT2D eigenvalue weighted by Crippen LogP contribution is 2.38. The SMILES string of the molecule is Clc1nc(Sc2ccc3c(c2)OCCO3)c2cn[nH]c2n1. The average molecular weight is 321 g/mol. The number of H-pyrrole nitrogens is 1. The number of ether oxygens (including phenoxy) is 2. The van der Waals surface area contributed by atoms with Crippen molar-refractivity contribution in [3.05, 3.63) is 29.7 Å². The second-order valence-corrected chi connectivity index (χ2v) is 5.74. The maximum atomic E-state index is 5.93. The van der Waals surface area contributed by atoms with E-state index in [4.69, 9.17) is 21.1 Å². The Hall–Kier alpha value is -1.99. The van der Waals surface area contributed by atoms with Crippen LogP contribution < -0.4 is 9.47 Å². The van der Waals surface area contributed by atoms with Gasteiger partial charge >= 0.3 is 0 Å². The Morgan fingerprint density at radius 3 is 2.90 bits per heavy atom. The molecule has 0 fully saturated rings. The first-order valence-electron chi connectivity index (χ1n) is 6.24. The van der Waals surface area contributed by atoms with Gasteiger partial charge in [-0.15, -0.1) is 0 Å². The molecule has 1 aromatic carbocycles. The van der Waals surface area contributed by atoms with Crippen LogP contribution in [0.1, 0.15) is 0 Å². The zero-order chi connectivity index (χ0) is 14.2. The van der Waals surface area contributed by atoms with Crippen LogP contribution in [0.4, 0.5) is 0 Å². The molecular formula is C13H9ClN4O2S. The van der Waals surface area contributed by atoms with Gasteiger partial charge in [0.1, 0.15) is 18.2 Å². The molecule has 6 nitrogen and oxygen atoms in total. The number of halogens is 1. The van der Waals surface area contributed by atoms with E-state index in [0.717, 1.165) is 26.8 Å². The molecule has 1 aliphatic heterocycles. The summed E-state index contributed by atoms with van der Waals surface area (Å²) in [5, 5.41) is 8.53. The van der Waals surface area contributed by atoms with Gasteiger partial charge in [0, 0.05) is 4.90 Å². The maximum absolute atomic E-state index is 5.93. The molecule has 0 aliphatic carbocycles. The highest BCUT2D eigenvalue weighted by atomic mass is 35.5. The molecule has 0 saturated heterocycles. The summed E-state index contributed by atoms with van der Waals surface area (Å²) in [5.74, 6) is 1.51. The summed E-state index contributed by atoms with van der Waals surface area (Å²) in [6, 6.07) is 5.79. The number of aromatic amines is 1. The first-order valence-corrected chi connectivity index (χ1v) is 7.43. The smallest absolute Gasteiger partial charge is 0.225 e. The number of benzene rings is 1. The van der Waals surface area contributed by atoms with Crippen LogP contribution in [0.3, 0.4) is 0 Å². The maximum Gasteiger partial charge on any atom is 0.225 e. The summed E-state index contributed by atoms with van der Waals surface area (Å²) in [6.45, 7) is 1.14. The largest absolute Gasteiger partial charge is 0.486 e. The summed E-state index contributed by atoms with van der Waals surface area (Å²) < 4.78 is 11.1. The minimum Gasteiger partial charge on any atom is -0.486 e. The molecule has 4 rings (SSSR count). The lowest BCUT2D eigenvalue weighted by molar-refractivity contribution is 0.171. The van der Waals surface area contributed by atoms with Crippen LogP contribution in [0.15, 0.2) is 34.3 Å². The van der Waals surface area contributed by atoms with Crippen molar-refractivity contribution in [1.29, 1.82) is 0 Å². The minimum atomic E-state index is 0.187. The van der Waals surface area contributed by atoms with Crippen molar-refractivity contribution < 1.29 is 9.47 Å². The second kappa shape index (κ2) is 5.09. The molecule has 106 valence electrons. The highest BCUT2D eigenvalue weighted by molar-refractivity contribution is 7.99. The third-order valence-corrected chi connectivity index (χ3v) is 4.14. The fourth-order valence-corrected chi connectivity index (χ4v) is 3.19. The van der Waals surface area contributed by atoms with Crippen molar-refractivity contribution in [2.75, 3.05) is 13.2 Å². The van der Waals surface area contributed by atoms with Gasteiger partial charge in [0.05, 0.1) is 11.6 Å². The van der Waals surface area contributed by atoms with Gasteiger partial charge in [-0.25, -0.2) is 4.98 Å². The lowest BCUT2D eigenvalue weighted by Gasteiger charge is -2.18. The Bertz CT molecular complexity index is 823. The van der Waals surface area contributed by atoms with Gasteiger partial charge in [-0.05, 0) is 29.8 Å². The second-order valence-electron chi connectivity index (χ2n) is 4.34. The van der Waals surface area contributed by atoms with Crippen LogP contribution in [0.5, 0.6) is 11.5 Å². The standard InChI is InChI=1S/C13H9ClN4O2S/c14-13-16-11-8(6-15-18-11)12(17-13)21-7-1-2-9-10(5-7)20-4-3-19-9/h1-2,5-6H,3-4H2,(H,15,16,17,18). The topological polar surface area (TPSA) is 72.9 Å². The first-order chi connectivity index (χ1) is 10.3. The van der Waals surface area contributed by atoms with Gasteiger partial charge in [0.25, 0.3) is 0 Å². The van der Waals surface area contributed by atoms with Crippen LogP contribution in [0.2, 0.25) is 5.28 Å². The summed E-state index contributed by atoms with van der Waals surface area (Å²) >= 11 is 7.41. The molecule has 0 amide bonds. The Morgan fingerprint density at radius 2 is 2.00 bits per heavy atom. The zero-order valence-corrected chi connectivity index (χ0v) is 12.2. The summed E-state index contributed by atoms with van der Waals surface area (Å²) in [7, 11) is 0. The van der Waals surface area contributed by atoms with E-state index in [1.165, 1.54) is 11.8 Å². The predicted octanol–water partition coefficient (Wildman–Crippen LogP) is 2.93. The first kappa shape index (κ1) is 12.7. The van der Waals surface area contributed by atoms with Crippen molar-refractivity contribution in [1.82, 2.24) is 20.2 Å². The van der Waals surface area contributed by atoms with Gasteiger partial charge in [0.2, 0.25) is 5.28 Å². The van der Waals surface area contributed by atoms with Crippen molar-refractivity contribution in [2.24, 2.45) is 0 Å². The molecule has 0 bridgehead atoms. The molecule has 0 saturated carbocycles. The molecule has 1 aliphatic rings. The Morgan fingerprint density at radius 1 is 1.14 bits per heavy atom. The van der Waals surface area contributed by atoms with Crippen LogP contribution >= 0.6 is 23.4 Å². The molecule has 0 unspecified atom stereocenters. The zero-order valence-electron chi connectivity index (χ0n) is 10.7. The van der Waals surface area contributed by atoms with Crippen LogP contribution in [0, 0.1) is 0 Å². The third-order valence-electron chi connectivity index (χ3n) is 2.98. The fourth-order valence-electron chi connectivity index (χ4n) is 2.06. The van der Waals surface area contributed by atoms with Crippen molar-refractivity contribution in [3.8, 4) is 11.5 Å². The van der Waals surface area contributed by atoms with Gasteiger partial charge < -0.3 is 9.47 Å². The number of nitrogens with zero attached hydrogens (tertiary/aromatic N) is 3. The molecular weight excluding hydrogens is 312 g/mol. The van der Waals surface area contributed by atoms with Gasteiger partial charge in [-0.2, -0.15) is 10.1 Å². The number of hydrogen-bond acceptors (Lipinski definition) is 6. The minimum absolute atomic E-state index is 0.187. The van der Waals surface area contributed by atoms with Crippen molar-refractivity contribution in [3.63, 3.8) is 0 Å². The van der Waals surface area contributed by atoms with E-state index in [0.29, 0.717) is 18.9 Å². The molecule has 21 heavy (non-hydrogen) atoms. The lowest BCUT2D eigenvalue weighted by Crippen LogP contribution is -2.15. The number of hydrogen-bond donors (Lipinski definition) is 1. The molecule has 3 aromatic rings. The number of fused-ring (bicyclic) bond motifs is 2. The predicted molar refractivity (Wildman–Crippen MR) is 78.2 cm³/mol. The van der Waals surface area contributed by atoms with E-state index >= 15 is 0 Å². The van der Waals surface area contributed by atoms with E-state index in [1.807, 2.05) is 18.2 Å². The normalized spacial score (nSPS) is 13.6. The third kappa shape index (κ3) is 2.38. The van der Waals surface area contributed by atoms with Crippen molar-refractivity contribution >= 4 is 34.4 Å². The highest BCUT2D eigenvalue weighted by Gasteiger charge is 2.14. The van der Waals surface area contributed by atoms with Gasteiger partial charge in [-0.1, -0.05) is 11.8 Å². The molecule has 0 spiro atoms. The van der Waals surface area contributed by atoms with E-state index in [-0.39, 0.29) is 5.28 Å². The summed E-state index contributed by atoms with van der Waals surface area (Å²) in [6.07, 6.45) is 1.69. The molecule has 1 N–H and O–H groups in total. The summed E-state index contributed by atoms with van der Waals surface area (Å²) in [4.78, 5) is 9.34. The molecule has 3 heterocycles. The van der Waals surface area contributed by atoms with Gasteiger partial charge in [0.15, 0.2) is 17.1 Å². The number of nitrogens with one attached hydrogen (secondary N) is 1. The Kier molecular flexibility index (Phi) is 3.08. The van der Waals surface area contributed by atoms with Crippen LogP contribution in [0.25, 0.3) is 11.0 Å². The number of aromatic nitrogens is 4. The fraction of sp³-hybridized carbons (Fsp3) is 0.154. The monoisotopic (exact) mass is 320 g/mol.